The molecule has 4 rings (SSSR count). The molecular formula is C42H61N11O10. The van der Waals surface area contributed by atoms with Crippen LogP contribution in [0.25, 0.3) is 0 Å². The molecule has 63 heavy (non-hydrogen) atoms. The van der Waals surface area contributed by atoms with Crippen LogP contribution < -0.4 is 38.1 Å². The molecule has 344 valence electrons. The van der Waals surface area contributed by atoms with Gasteiger partial charge in [-0.3, -0.25) is 38.4 Å². The molecule has 8 amide bonds. The molecule has 2 aliphatic heterocycles. The third-order valence-corrected chi connectivity index (χ3v) is 11.0. The summed E-state index contributed by atoms with van der Waals surface area (Å²) in [5.74, 6) is -6.59. The third kappa shape index (κ3) is 14.3. The van der Waals surface area contributed by atoms with E-state index in [9.17, 15) is 48.3 Å². The van der Waals surface area contributed by atoms with E-state index in [1.807, 2.05) is 13.8 Å². The monoisotopic (exact) mass is 879 g/mol. The summed E-state index contributed by atoms with van der Waals surface area (Å²) in [6.45, 7) is 7.04. The van der Waals surface area contributed by atoms with Gasteiger partial charge in [0.15, 0.2) is 0 Å². The fourth-order valence-electron chi connectivity index (χ4n) is 7.63. The summed E-state index contributed by atoms with van der Waals surface area (Å²) in [7, 11) is 0. The number of carbonyl (C=O) groups excluding carboxylic acids is 8. The lowest BCUT2D eigenvalue weighted by atomic mass is 10.0. The average molecular weight is 880 g/mol. The highest BCUT2D eigenvalue weighted by molar-refractivity contribution is 5.98. The number of imidazole rings is 1. The number of carboxylic acid groups (broad SMARTS) is 1. The lowest BCUT2D eigenvalue weighted by molar-refractivity contribution is -0.149. The minimum atomic E-state index is -1.34. The smallest absolute Gasteiger partial charge is 0.326 e. The number of aromatic amines is 1. The number of rotatable bonds is 22. The summed E-state index contributed by atoms with van der Waals surface area (Å²) in [5, 5.41) is 23.0. The Morgan fingerprint density at radius 3 is 1.90 bits per heavy atom. The minimum absolute atomic E-state index is 0.0228. The zero-order chi connectivity index (χ0) is 46.4. The Hall–Kier alpha value is -6.38. The summed E-state index contributed by atoms with van der Waals surface area (Å²) < 4.78 is 0. The summed E-state index contributed by atoms with van der Waals surface area (Å²) >= 11 is 0. The maximum absolute atomic E-state index is 14.0. The van der Waals surface area contributed by atoms with E-state index < -0.39 is 102 Å². The number of aliphatic carboxylic acids is 1. The lowest BCUT2D eigenvalue weighted by Gasteiger charge is -2.31. The number of H-pyrrole nitrogens is 1. The number of carboxylic acids is 1. The molecule has 2 aliphatic rings. The van der Waals surface area contributed by atoms with E-state index in [2.05, 4.69) is 36.6 Å². The molecule has 1 aromatic heterocycles. The normalized spacial score (nSPS) is 18.9. The quantitative estimate of drug-likeness (QED) is 0.0644. The van der Waals surface area contributed by atoms with Crippen LogP contribution in [-0.4, -0.2) is 140 Å². The van der Waals surface area contributed by atoms with E-state index in [1.54, 1.807) is 30.3 Å². The van der Waals surface area contributed by atoms with E-state index in [1.165, 1.54) is 31.3 Å². The first kappa shape index (κ1) is 49.3. The van der Waals surface area contributed by atoms with E-state index in [0.717, 1.165) is 4.90 Å². The van der Waals surface area contributed by atoms with Gasteiger partial charge in [0.25, 0.3) is 0 Å². The highest BCUT2D eigenvalue weighted by Crippen LogP contribution is 2.22. The fourth-order valence-corrected chi connectivity index (χ4v) is 7.63. The average Bonchev–Trinajstić information content (AvgIpc) is 4.04. The predicted octanol–water partition coefficient (Wildman–Crippen LogP) is -1.64. The van der Waals surface area contributed by atoms with Crippen molar-refractivity contribution in [3.8, 4) is 0 Å². The Morgan fingerprint density at radius 2 is 1.32 bits per heavy atom. The number of amides is 8. The maximum atomic E-state index is 14.0. The number of carbonyl (C=O) groups is 9. The Kier molecular flexibility index (Phi) is 18.1. The highest BCUT2D eigenvalue weighted by atomic mass is 16.4. The molecular weight excluding hydrogens is 819 g/mol. The molecule has 2 aromatic rings. The second-order valence-electron chi connectivity index (χ2n) is 16.6. The first-order valence-electron chi connectivity index (χ1n) is 21.3. The Balaban J connectivity index is 1.50. The molecule has 0 radical (unpaired) electrons. The van der Waals surface area contributed by atoms with E-state index in [0.29, 0.717) is 36.9 Å². The molecule has 0 saturated carbocycles. The van der Waals surface area contributed by atoms with Gasteiger partial charge in [0, 0.05) is 44.2 Å². The number of hydrogen-bond donors (Lipinski definition) is 9. The fraction of sp³-hybridized carbons (Fsp3) is 0.571. The van der Waals surface area contributed by atoms with E-state index in [-0.39, 0.29) is 51.1 Å². The van der Waals surface area contributed by atoms with Crippen LogP contribution >= 0.6 is 0 Å². The maximum Gasteiger partial charge on any atom is 0.326 e. The van der Waals surface area contributed by atoms with Crippen LogP contribution in [0, 0.1) is 5.92 Å². The highest BCUT2D eigenvalue weighted by Gasteiger charge is 2.41. The van der Waals surface area contributed by atoms with Crippen LogP contribution in [0.4, 0.5) is 0 Å². The van der Waals surface area contributed by atoms with Gasteiger partial charge in [-0.2, -0.15) is 0 Å². The number of benzene rings is 1. The number of aromatic nitrogens is 2. The number of hydrogen-bond acceptors (Lipinski definition) is 11. The summed E-state index contributed by atoms with van der Waals surface area (Å²) in [6.07, 6.45) is 3.94. The largest absolute Gasteiger partial charge is 0.480 e. The van der Waals surface area contributed by atoms with Crippen molar-refractivity contribution in [1.82, 2.24) is 46.4 Å². The molecule has 2 saturated heterocycles. The lowest BCUT2D eigenvalue weighted by Crippen LogP contribution is -2.60. The summed E-state index contributed by atoms with van der Waals surface area (Å²) in [4.78, 5) is 129. The molecule has 0 spiro atoms. The predicted molar refractivity (Wildman–Crippen MR) is 226 cm³/mol. The van der Waals surface area contributed by atoms with Gasteiger partial charge >= 0.3 is 5.97 Å². The van der Waals surface area contributed by atoms with Crippen LogP contribution in [0.1, 0.15) is 83.9 Å². The third-order valence-electron chi connectivity index (χ3n) is 11.0. The zero-order valence-electron chi connectivity index (χ0n) is 36.1. The molecule has 21 heteroatoms. The van der Waals surface area contributed by atoms with Crippen molar-refractivity contribution in [1.29, 1.82) is 0 Å². The molecule has 21 nitrogen and oxygen atoms in total. The van der Waals surface area contributed by atoms with Crippen LogP contribution in [0.3, 0.4) is 0 Å². The number of nitrogens with one attached hydrogen (secondary N) is 6. The molecule has 11 N–H and O–H groups in total. The number of nitrogens with two attached hydrogens (primary N) is 2. The van der Waals surface area contributed by atoms with Crippen molar-refractivity contribution >= 4 is 53.2 Å². The van der Waals surface area contributed by atoms with Crippen LogP contribution in [-0.2, 0) is 56.0 Å². The van der Waals surface area contributed by atoms with Gasteiger partial charge in [-0.25, -0.2) is 9.78 Å². The van der Waals surface area contributed by atoms with Crippen molar-refractivity contribution in [3.05, 3.63) is 54.1 Å². The molecule has 3 heterocycles. The molecule has 0 aliphatic carbocycles. The number of primary amides is 1. The van der Waals surface area contributed by atoms with Gasteiger partial charge in [0.1, 0.15) is 42.3 Å². The summed E-state index contributed by atoms with van der Waals surface area (Å²) in [6, 6.07) is -0.421. The zero-order valence-corrected chi connectivity index (χ0v) is 36.1. The topological polar surface area (TPSA) is 321 Å². The molecule has 2 fully saturated rings. The van der Waals surface area contributed by atoms with Crippen molar-refractivity contribution in [2.24, 2.45) is 17.4 Å². The van der Waals surface area contributed by atoms with Crippen LogP contribution in [0.5, 0.6) is 0 Å². The summed E-state index contributed by atoms with van der Waals surface area (Å²) in [5.41, 5.74) is 12.2. The number of likely N-dealkylation sites (tertiary alicyclic amines) is 2. The second kappa shape index (κ2) is 23.2. The van der Waals surface area contributed by atoms with Crippen molar-refractivity contribution in [3.63, 3.8) is 0 Å². The molecule has 1 aromatic carbocycles. The van der Waals surface area contributed by atoms with Gasteiger partial charge in [0.2, 0.25) is 47.3 Å². The second-order valence-corrected chi connectivity index (χ2v) is 16.6. The van der Waals surface area contributed by atoms with Crippen molar-refractivity contribution in [2.45, 2.75) is 134 Å². The Labute approximate surface area is 365 Å². The van der Waals surface area contributed by atoms with Gasteiger partial charge in [-0.1, -0.05) is 44.2 Å². The molecule has 8 atom stereocenters. The number of nitrogens with zero attached hydrogens (tertiary/aromatic N) is 3. The molecule has 0 unspecified atom stereocenters. The SMILES string of the molecule is CC(C)C[C@H](NC(=O)[C@H](C)N)C(=O)N1CCC[C@H]1C(=O)N[C@@H](Cc1cnc[nH]1)C(=O)N[C@@H](C)C(=O)N[C@@H](Cc1ccccc1)C(=O)N[C@@H](CCC(N)=O)C(=O)N1CCC[C@H]1C(=O)O. The van der Waals surface area contributed by atoms with Crippen LogP contribution in [0.15, 0.2) is 42.9 Å². The van der Waals surface area contributed by atoms with Gasteiger partial charge in [0.05, 0.1) is 12.4 Å². The van der Waals surface area contributed by atoms with Crippen molar-refractivity contribution < 1.29 is 48.3 Å². The van der Waals surface area contributed by atoms with Crippen LogP contribution in [0.2, 0.25) is 0 Å². The van der Waals surface area contributed by atoms with Gasteiger partial charge in [-0.15, -0.1) is 0 Å². The Morgan fingerprint density at radius 1 is 0.746 bits per heavy atom. The Bertz CT molecular complexity index is 1940. The standard InChI is InChI=1S/C42H61N11O10/c1-23(2)18-31(51-35(55)24(3)43)41(61)52-16-8-12-32(52)39(59)50-30(20-27-21-45-22-46-27)37(57)47-25(4)36(56)49-29(19-26-10-6-5-7-11-26)38(58)48-28(14-15-34(44)54)40(60)53-17-9-13-33(53)42(62)63/h5-7,10-11,21-25,28-33H,8-9,12-20,43H2,1-4H3,(H2,44,54)(H,45,46)(H,47,57)(H,48,58)(H,49,56)(H,50,59)(H,51,55)(H,62,63)/t24-,25-,28-,29-,30-,31-,32-,33-/m0/s1. The van der Waals surface area contributed by atoms with Crippen molar-refractivity contribution in [2.75, 3.05) is 13.1 Å². The van der Waals surface area contributed by atoms with Gasteiger partial charge < -0.3 is 57.9 Å². The van der Waals surface area contributed by atoms with Gasteiger partial charge in [-0.05, 0) is 63.9 Å². The minimum Gasteiger partial charge on any atom is -0.480 e. The first-order chi connectivity index (χ1) is 29.9. The first-order valence-corrected chi connectivity index (χ1v) is 21.3. The van der Waals surface area contributed by atoms with E-state index >= 15 is 0 Å². The molecule has 0 bridgehead atoms. The van der Waals surface area contributed by atoms with E-state index in [4.69, 9.17) is 11.5 Å².